The SMILES string of the molecule is Cn1cnc2c(C(=O)N3CCCC3)nn(-c3ccccc3)c2c1=O. The number of hydrogen-bond donors (Lipinski definition) is 0. The zero-order valence-corrected chi connectivity index (χ0v) is 13.3. The number of aryl methyl sites for hydroxylation is 1. The van der Waals surface area contributed by atoms with Crippen LogP contribution in [0.2, 0.25) is 0 Å². The number of fused-ring (bicyclic) bond motifs is 1. The molecule has 2 aromatic heterocycles. The molecule has 0 atom stereocenters. The monoisotopic (exact) mass is 323 g/mol. The maximum Gasteiger partial charge on any atom is 0.279 e. The van der Waals surface area contributed by atoms with Crippen LogP contribution in [-0.2, 0) is 7.05 Å². The summed E-state index contributed by atoms with van der Waals surface area (Å²) in [5.41, 5.74) is 1.44. The molecule has 7 nitrogen and oxygen atoms in total. The average molecular weight is 323 g/mol. The minimum atomic E-state index is -0.225. The summed E-state index contributed by atoms with van der Waals surface area (Å²) >= 11 is 0. The minimum absolute atomic E-state index is 0.159. The van der Waals surface area contributed by atoms with Crippen molar-refractivity contribution in [3.05, 3.63) is 52.7 Å². The number of carbonyl (C=O) groups is 1. The third kappa shape index (κ3) is 2.20. The second kappa shape index (κ2) is 5.59. The van der Waals surface area contributed by atoms with Crippen LogP contribution in [0, 0.1) is 0 Å². The topological polar surface area (TPSA) is 73.0 Å². The largest absolute Gasteiger partial charge is 0.337 e. The van der Waals surface area contributed by atoms with Crippen molar-refractivity contribution in [3.8, 4) is 5.69 Å². The Morgan fingerprint density at radius 3 is 2.54 bits per heavy atom. The first kappa shape index (κ1) is 14.6. The maximum absolute atomic E-state index is 12.8. The van der Waals surface area contributed by atoms with Gasteiger partial charge in [0.15, 0.2) is 11.2 Å². The number of amides is 1. The van der Waals surface area contributed by atoms with E-state index in [4.69, 9.17) is 0 Å². The first-order valence-corrected chi connectivity index (χ1v) is 7.96. The van der Waals surface area contributed by atoms with Crippen LogP contribution in [0.5, 0.6) is 0 Å². The summed E-state index contributed by atoms with van der Waals surface area (Å²) in [7, 11) is 1.64. The number of benzene rings is 1. The second-order valence-corrected chi connectivity index (χ2v) is 5.95. The molecule has 24 heavy (non-hydrogen) atoms. The van der Waals surface area contributed by atoms with Gasteiger partial charge in [-0.15, -0.1) is 0 Å². The molecule has 3 aromatic rings. The van der Waals surface area contributed by atoms with E-state index < -0.39 is 0 Å². The summed E-state index contributed by atoms with van der Waals surface area (Å²) in [5, 5.41) is 4.46. The lowest BCUT2D eigenvalue weighted by Gasteiger charge is -2.13. The van der Waals surface area contributed by atoms with E-state index in [1.54, 1.807) is 11.9 Å². The minimum Gasteiger partial charge on any atom is -0.337 e. The lowest BCUT2D eigenvalue weighted by molar-refractivity contribution is 0.0788. The van der Waals surface area contributed by atoms with Gasteiger partial charge in [-0.05, 0) is 25.0 Å². The number of nitrogens with zero attached hydrogens (tertiary/aromatic N) is 5. The summed E-state index contributed by atoms with van der Waals surface area (Å²) in [6.07, 6.45) is 3.43. The quantitative estimate of drug-likeness (QED) is 0.714. The van der Waals surface area contributed by atoms with Gasteiger partial charge in [-0.1, -0.05) is 18.2 Å². The van der Waals surface area contributed by atoms with Crippen molar-refractivity contribution in [2.45, 2.75) is 12.8 Å². The number of likely N-dealkylation sites (tertiary alicyclic amines) is 1. The van der Waals surface area contributed by atoms with Gasteiger partial charge in [-0.2, -0.15) is 5.10 Å². The average Bonchev–Trinajstić information content (AvgIpc) is 3.26. The van der Waals surface area contributed by atoms with Crippen LogP contribution in [0.3, 0.4) is 0 Å². The van der Waals surface area contributed by atoms with Crippen molar-refractivity contribution in [1.82, 2.24) is 24.2 Å². The van der Waals surface area contributed by atoms with Crippen LogP contribution in [0.15, 0.2) is 41.5 Å². The third-order valence-electron chi connectivity index (χ3n) is 4.34. The molecule has 1 aliphatic rings. The maximum atomic E-state index is 12.8. The predicted molar refractivity (Wildman–Crippen MR) is 89.2 cm³/mol. The number of hydrogen-bond acceptors (Lipinski definition) is 4. The van der Waals surface area contributed by atoms with E-state index in [9.17, 15) is 9.59 Å². The molecular formula is C17H17N5O2. The lowest BCUT2D eigenvalue weighted by atomic mass is 10.3. The van der Waals surface area contributed by atoms with E-state index >= 15 is 0 Å². The Morgan fingerprint density at radius 1 is 1.12 bits per heavy atom. The predicted octanol–water partition coefficient (Wildman–Crippen LogP) is 1.36. The highest BCUT2D eigenvalue weighted by Gasteiger charge is 2.27. The summed E-state index contributed by atoms with van der Waals surface area (Å²) in [5.74, 6) is -0.159. The lowest BCUT2D eigenvalue weighted by Crippen LogP contribution is -2.28. The van der Waals surface area contributed by atoms with Crippen molar-refractivity contribution in [2.75, 3.05) is 13.1 Å². The first-order valence-electron chi connectivity index (χ1n) is 7.96. The summed E-state index contributed by atoms with van der Waals surface area (Å²) < 4.78 is 2.92. The molecule has 1 fully saturated rings. The Labute approximate surface area is 138 Å². The fraction of sp³-hybridized carbons (Fsp3) is 0.294. The smallest absolute Gasteiger partial charge is 0.279 e. The highest BCUT2D eigenvalue weighted by Crippen LogP contribution is 2.20. The molecule has 1 aromatic carbocycles. The van der Waals surface area contributed by atoms with Crippen LogP contribution < -0.4 is 5.56 Å². The fourth-order valence-corrected chi connectivity index (χ4v) is 3.06. The van der Waals surface area contributed by atoms with E-state index in [1.807, 2.05) is 30.3 Å². The van der Waals surface area contributed by atoms with Gasteiger partial charge in [-0.3, -0.25) is 9.59 Å². The van der Waals surface area contributed by atoms with Crippen molar-refractivity contribution in [1.29, 1.82) is 0 Å². The Kier molecular flexibility index (Phi) is 3.41. The summed E-state index contributed by atoms with van der Waals surface area (Å²) in [4.78, 5) is 31.5. The van der Waals surface area contributed by atoms with Crippen molar-refractivity contribution < 1.29 is 4.79 Å². The standard InChI is InChI=1S/C17H17N5O2/c1-20-11-18-13-14(16(23)21-9-5-6-10-21)19-22(15(13)17(20)24)12-7-3-2-4-8-12/h2-4,7-8,11H,5-6,9-10H2,1H3. The van der Waals surface area contributed by atoms with Gasteiger partial charge in [0.05, 0.1) is 12.0 Å². The molecule has 0 saturated carbocycles. The van der Waals surface area contributed by atoms with E-state index in [0.717, 1.165) is 31.6 Å². The van der Waals surface area contributed by atoms with Crippen LogP contribution in [-0.4, -0.2) is 43.2 Å². The highest BCUT2D eigenvalue weighted by atomic mass is 16.2. The summed E-state index contributed by atoms with van der Waals surface area (Å²) in [6.45, 7) is 1.45. The molecule has 1 saturated heterocycles. The van der Waals surface area contributed by atoms with Gasteiger partial charge in [0.1, 0.15) is 5.52 Å². The Morgan fingerprint density at radius 2 is 1.83 bits per heavy atom. The van der Waals surface area contributed by atoms with Crippen LogP contribution >= 0.6 is 0 Å². The summed E-state index contributed by atoms with van der Waals surface area (Å²) in [6, 6.07) is 9.32. The molecule has 3 heterocycles. The fourth-order valence-electron chi connectivity index (χ4n) is 3.06. The highest BCUT2D eigenvalue weighted by molar-refractivity contribution is 6.03. The molecule has 0 spiro atoms. The van der Waals surface area contributed by atoms with Crippen molar-refractivity contribution in [3.63, 3.8) is 0 Å². The molecular weight excluding hydrogens is 306 g/mol. The van der Waals surface area contributed by atoms with Crippen LogP contribution in [0.1, 0.15) is 23.3 Å². The zero-order chi connectivity index (χ0) is 16.7. The van der Waals surface area contributed by atoms with E-state index in [0.29, 0.717) is 11.0 Å². The number of rotatable bonds is 2. The zero-order valence-electron chi connectivity index (χ0n) is 13.3. The molecule has 0 N–H and O–H groups in total. The van der Waals surface area contributed by atoms with E-state index in [2.05, 4.69) is 10.1 Å². The van der Waals surface area contributed by atoms with Crippen molar-refractivity contribution in [2.24, 2.45) is 7.05 Å². The Hall–Kier alpha value is -2.96. The normalized spacial score (nSPS) is 14.5. The number of aromatic nitrogens is 4. The van der Waals surface area contributed by atoms with Gasteiger partial charge < -0.3 is 9.47 Å². The van der Waals surface area contributed by atoms with Gasteiger partial charge >= 0.3 is 0 Å². The molecule has 4 rings (SSSR count). The second-order valence-electron chi connectivity index (χ2n) is 5.95. The molecule has 122 valence electrons. The van der Waals surface area contributed by atoms with Crippen LogP contribution in [0.4, 0.5) is 0 Å². The third-order valence-corrected chi connectivity index (χ3v) is 4.34. The van der Waals surface area contributed by atoms with Gasteiger partial charge in [0, 0.05) is 20.1 Å². The van der Waals surface area contributed by atoms with Gasteiger partial charge in [0.25, 0.3) is 11.5 Å². The molecule has 1 amide bonds. The molecule has 0 aliphatic carbocycles. The van der Waals surface area contributed by atoms with Crippen molar-refractivity contribution >= 4 is 16.9 Å². The molecule has 7 heteroatoms. The molecule has 0 radical (unpaired) electrons. The van der Waals surface area contributed by atoms with E-state index in [1.165, 1.54) is 15.6 Å². The number of para-hydroxylation sites is 1. The van der Waals surface area contributed by atoms with E-state index in [-0.39, 0.29) is 17.2 Å². The first-order chi connectivity index (χ1) is 11.7. The van der Waals surface area contributed by atoms with Crippen LogP contribution in [0.25, 0.3) is 16.7 Å². The van der Waals surface area contributed by atoms with Gasteiger partial charge in [0.2, 0.25) is 0 Å². The Bertz CT molecular complexity index is 968. The van der Waals surface area contributed by atoms with Gasteiger partial charge in [-0.25, -0.2) is 9.67 Å². The Balaban J connectivity index is 1.97. The molecule has 0 bridgehead atoms. The molecule has 1 aliphatic heterocycles. The number of carbonyl (C=O) groups excluding carboxylic acids is 1. The molecule has 0 unspecified atom stereocenters.